The third kappa shape index (κ3) is 3.62. The molecular weight excluding hydrogens is 443 g/mol. The number of fused-ring (bicyclic) bond motifs is 1. The van der Waals surface area contributed by atoms with Gasteiger partial charge in [0.15, 0.2) is 0 Å². The molecule has 1 fully saturated rings. The number of amides is 1. The van der Waals surface area contributed by atoms with Gasteiger partial charge in [-0.1, -0.05) is 24.3 Å². The SMILES string of the molecule is Cc1cc(C)cc(N2C(=O)C(=O)/C(=C(/O)c3ccc(F)c(C)c3)C2c2cn(C)c3ccccc23)c1. The van der Waals surface area contributed by atoms with Crippen LogP contribution >= 0.6 is 0 Å². The lowest BCUT2D eigenvalue weighted by Gasteiger charge is -2.25. The Kier molecular flexibility index (Phi) is 5.32. The average Bonchev–Trinajstić information content (AvgIpc) is 3.28. The first-order chi connectivity index (χ1) is 16.7. The van der Waals surface area contributed by atoms with Crippen LogP contribution in [0.15, 0.2) is 72.4 Å². The van der Waals surface area contributed by atoms with Crippen LogP contribution in [0.5, 0.6) is 0 Å². The topological polar surface area (TPSA) is 62.5 Å². The largest absolute Gasteiger partial charge is 0.507 e. The molecule has 1 aliphatic heterocycles. The van der Waals surface area contributed by atoms with Crippen LogP contribution in [0.1, 0.15) is 33.9 Å². The molecule has 1 amide bonds. The van der Waals surface area contributed by atoms with Gasteiger partial charge in [0.05, 0.1) is 11.6 Å². The third-order valence-corrected chi connectivity index (χ3v) is 6.58. The Bertz CT molecular complexity index is 1540. The molecule has 176 valence electrons. The van der Waals surface area contributed by atoms with Crippen LogP contribution in [0.4, 0.5) is 10.1 Å². The fourth-order valence-electron chi connectivity index (χ4n) is 5.02. The van der Waals surface area contributed by atoms with Crippen LogP contribution in [0.2, 0.25) is 0 Å². The van der Waals surface area contributed by atoms with E-state index >= 15 is 0 Å². The summed E-state index contributed by atoms with van der Waals surface area (Å²) in [5, 5.41) is 12.2. The summed E-state index contributed by atoms with van der Waals surface area (Å²) in [5.41, 5.74) is 4.74. The molecule has 2 heterocycles. The van der Waals surface area contributed by atoms with E-state index in [0.717, 1.165) is 27.6 Å². The molecule has 1 unspecified atom stereocenters. The Labute approximate surface area is 202 Å². The van der Waals surface area contributed by atoms with Gasteiger partial charge in [0, 0.05) is 41.0 Å². The molecule has 0 bridgehead atoms. The van der Waals surface area contributed by atoms with Gasteiger partial charge in [0.2, 0.25) is 0 Å². The molecule has 1 aliphatic rings. The molecule has 1 atom stereocenters. The number of ketones is 1. The first-order valence-corrected chi connectivity index (χ1v) is 11.4. The summed E-state index contributed by atoms with van der Waals surface area (Å²) >= 11 is 0. The number of halogens is 1. The van der Waals surface area contributed by atoms with Crippen molar-refractivity contribution in [2.24, 2.45) is 7.05 Å². The second kappa shape index (κ2) is 8.24. The quantitative estimate of drug-likeness (QED) is 0.232. The number of nitrogens with zero attached hydrogens (tertiary/aromatic N) is 2. The van der Waals surface area contributed by atoms with Crippen LogP contribution in [0.3, 0.4) is 0 Å². The number of aromatic nitrogens is 1. The Hall–Kier alpha value is -4.19. The van der Waals surface area contributed by atoms with Gasteiger partial charge in [-0.3, -0.25) is 14.5 Å². The average molecular weight is 469 g/mol. The number of aryl methyl sites for hydroxylation is 4. The van der Waals surface area contributed by atoms with Crippen molar-refractivity contribution in [2.75, 3.05) is 4.90 Å². The molecule has 6 heteroatoms. The first-order valence-electron chi connectivity index (χ1n) is 11.4. The fourth-order valence-corrected chi connectivity index (χ4v) is 5.02. The van der Waals surface area contributed by atoms with Crippen molar-refractivity contribution in [3.05, 3.63) is 106 Å². The maximum atomic E-state index is 13.9. The zero-order valence-corrected chi connectivity index (χ0v) is 20.0. The van der Waals surface area contributed by atoms with Gasteiger partial charge in [-0.05, 0) is 73.9 Å². The zero-order valence-electron chi connectivity index (χ0n) is 20.0. The number of benzene rings is 3. The van der Waals surface area contributed by atoms with Crippen LogP contribution in [0, 0.1) is 26.6 Å². The molecule has 35 heavy (non-hydrogen) atoms. The summed E-state index contributed by atoms with van der Waals surface area (Å²) in [6.45, 7) is 5.45. The van der Waals surface area contributed by atoms with Crippen LogP contribution in [-0.2, 0) is 16.6 Å². The van der Waals surface area contributed by atoms with Crippen LogP contribution in [-0.4, -0.2) is 21.4 Å². The monoisotopic (exact) mass is 468 g/mol. The molecule has 1 N–H and O–H groups in total. The lowest BCUT2D eigenvalue weighted by Crippen LogP contribution is -2.29. The van der Waals surface area contributed by atoms with Gasteiger partial charge < -0.3 is 9.67 Å². The number of hydrogen-bond acceptors (Lipinski definition) is 3. The highest BCUT2D eigenvalue weighted by Gasteiger charge is 2.48. The van der Waals surface area contributed by atoms with Crippen molar-refractivity contribution < 1.29 is 19.1 Å². The second-order valence-corrected chi connectivity index (χ2v) is 9.19. The Morgan fingerprint density at radius 3 is 2.31 bits per heavy atom. The number of hydrogen-bond donors (Lipinski definition) is 1. The van der Waals surface area contributed by atoms with E-state index in [1.54, 1.807) is 6.92 Å². The lowest BCUT2D eigenvalue weighted by atomic mass is 9.94. The van der Waals surface area contributed by atoms with Gasteiger partial charge in [0.1, 0.15) is 11.6 Å². The number of anilines is 1. The summed E-state index contributed by atoms with van der Waals surface area (Å²) in [5.74, 6) is -2.23. The second-order valence-electron chi connectivity index (χ2n) is 9.19. The smallest absolute Gasteiger partial charge is 0.300 e. The van der Waals surface area contributed by atoms with E-state index in [1.165, 1.54) is 23.1 Å². The number of aliphatic hydroxyl groups excluding tert-OH is 1. The van der Waals surface area contributed by atoms with Crippen molar-refractivity contribution in [3.8, 4) is 0 Å². The minimum absolute atomic E-state index is 0.0171. The highest BCUT2D eigenvalue weighted by atomic mass is 19.1. The highest BCUT2D eigenvalue weighted by Crippen LogP contribution is 2.45. The Balaban J connectivity index is 1.82. The summed E-state index contributed by atoms with van der Waals surface area (Å²) in [4.78, 5) is 28.4. The molecule has 0 aliphatic carbocycles. The maximum absolute atomic E-state index is 13.9. The predicted octanol–water partition coefficient (Wildman–Crippen LogP) is 5.87. The highest BCUT2D eigenvalue weighted by molar-refractivity contribution is 6.52. The molecule has 4 aromatic rings. The molecule has 0 spiro atoms. The molecule has 1 aromatic heterocycles. The molecule has 1 saturated heterocycles. The fraction of sp³-hybridized carbons (Fsp3) is 0.172. The number of aliphatic hydroxyl groups is 1. The molecule has 5 nitrogen and oxygen atoms in total. The van der Waals surface area contributed by atoms with E-state index < -0.39 is 23.5 Å². The third-order valence-electron chi connectivity index (χ3n) is 6.58. The van der Waals surface area contributed by atoms with Gasteiger partial charge in [-0.25, -0.2) is 4.39 Å². The number of para-hydroxylation sites is 1. The van der Waals surface area contributed by atoms with Gasteiger partial charge >= 0.3 is 0 Å². The summed E-state index contributed by atoms with van der Waals surface area (Å²) in [7, 11) is 1.90. The van der Waals surface area contributed by atoms with E-state index in [0.29, 0.717) is 11.3 Å². The van der Waals surface area contributed by atoms with E-state index in [-0.39, 0.29) is 16.9 Å². The number of Topliss-reactive ketones (excluding diaryl/α,β-unsaturated/α-hetero) is 1. The van der Waals surface area contributed by atoms with E-state index in [1.807, 2.05) is 74.1 Å². The molecule has 0 saturated carbocycles. The minimum Gasteiger partial charge on any atom is -0.507 e. The van der Waals surface area contributed by atoms with Crippen molar-refractivity contribution in [3.63, 3.8) is 0 Å². The number of rotatable bonds is 3. The van der Waals surface area contributed by atoms with Gasteiger partial charge in [-0.2, -0.15) is 0 Å². The number of carbonyl (C=O) groups excluding carboxylic acids is 2. The first kappa shape index (κ1) is 22.6. The normalized spacial score (nSPS) is 17.5. The van der Waals surface area contributed by atoms with E-state index in [9.17, 15) is 19.1 Å². The van der Waals surface area contributed by atoms with Gasteiger partial charge in [0.25, 0.3) is 11.7 Å². The predicted molar refractivity (Wildman–Crippen MR) is 135 cm³/mol. The summed E-state index contributed by atoms with van der Waals surface area (Å²) in [6.07, 6.45) is 1.89. The Morgan fingerprint density at radius 1 is 0.943 bits per heavy atom. The van der Waals surface area contributed by atoms with E-state index in [4.69, 9.17) is 0 Å². The molecular formula is C29H25FN2O3. The number of carbonyl (C=O) groups is 2. The summed E-state index contributed by atoms with van der Waals surface area (Å²) in [6, 6.07) is 16.7. The maximum Gasteiger partial charge on any atom is 0.300 e. The van der Waals surface area contributed by atoms with Gasteiger partial charge in [-0.15, -0.1) is 0 Å². The summed E-state index contributed by atoms with van der Waals surface area (Å²) < 4.78 is 15.9. The standard InChI is InChI=1S/C29H25FN2O3/c1-16-11-17(2)13-20(12-16)32-26(22-15-31(4)24-8-6-5-7-21(22)24)25(28(34)29(32)35)27(33)19-9-10-23(30)18(3)14-19/h5-15,26,33H,1-4H3/b27-25+. The molecule has 5 rings (SSSR count). The van der Waals surface area contributed by atoms with Crippen molar-refractivity contribution in [1.29, 1.82) is 0 Å². The zero-order chi connectivity index (χ0) is 25.0. The van der Waals surface area contributed by atoms with Crippen LogP contribution in [0.25, 0.3) is 16.7 Å². The van der Waals surface area contributed by atoms with E-state index in [2.05, 4.69) is 0 Å². The minimum atomic E-state index is -0.854. The Morgan fingerprint density at radius 2 is 1.63 bits per heavy atom. The van der Waals surface area contributed by atoms with Crippen LogP contribution < -0.4 is 4.90 Å². The molecule has 3 aromatic carbocycles. The molecule has 0 radical (unpaired) electrons. The lowest BCUT2D eigenvalue weighted by molar-refractivity contribution is -0.132. The van der Waals surface area contributed by atoms with Crippen molar-refractivity contribution >= 4 is 34.0 Å². The van der Waals surface area contributed by atoms with Crippen molar-refractivity contribution in [2.45, 2.75) is 26.8 Å². The van der Waals surface area contributed by atoms with Crippen molar-refractivity contribution in [1.82, 2.24) is 4.57 Å².